The predicted octanol–water partition coefficient (Wildman–Crippen LogP) is 4.03. The Morgan fingerprint density at radius 2 is 1.61 bits per heavy atom. The predicted molar refractivity (Wildman–Crippen MR) is 90.2 cm³/mol. The third-order valence-electron chi connectivity index (χ3n) is 4.23. The lowest BCUT2D eigenvalue weighted by Gasteiger charge is -2.31. The van der Waals surface area contributed by atoms with Crippen molar-refractivity contribution in [3.05, 3.63) is 71.8 Å². The molecule has 0 spiro atoms. The summed E-state index contributed by atoms with van der Waals surface area (Å²) in [7, 11) is 0. The van der Waals surface area contributed by atoms with Crippen LogP contribution in [0.2, 0.25) is 0 Å². The number of aliphatic hydroxyl groups is 1. The number of benzene rings is 2. The number of amides is 1. The summed E-state index contributed by atoms with van der Waals surface area (Å²) >= 11 is 0. The zero-order valence-corrected chi connectivity index (χ0v) is 13.5. The van der Waals surface area contributed by atoms with Gasteiger partial charge in [-0.05, 0) is 31.4 Å². The maximum atomic E-state index is 11.6. The van der Waals surface area contributed by atoms with E-state index >= 15 is 0 Å². The van der Waals surface area contributed by atoms with Crippen LogP contribution in [0.5, 0.6) is 0 Å². The van der Waals surface area contributed by atoms with Gasteiger partial charge in [0.2, 0.25) is 0 Å². The molecule has 2 atom stereocenters. The van der Waals surface area contributed by atoms with Crippen LogP contribution < -0.4 is 0 Å². The van der Waals surface area contributed by atoms with E-state index < -0.39 is 11.7 Å². The van der Waals surface area contributed by atoms with E-state index in [0.29, 0.717) is 6.42 Å². The van der Waals surface area contributed by atoms with Gasteiger partial charge < -0.3 is 15.1 Å². The van der Waals surface area contributed by atoms with Crippen LogP contribution >= 0.6 is 0 Å². The van der Waals surface area contributed by atoms with Crippen molar-refractivity contribution >= 4 is 6.09 Å². The maximum Gasteiger partial charge on any atom is 0.407 e. The fourth-order valence-electron chi connectivity index (χ4n) is 2.65. The minimum atomic E-state index is -1.06. The fourth-order valence-corrected chi connectivity index (χ4v) is 2.65. The standard InChI is InChI=1S/C19H23NO3/c1-15(16-9-5-3-6-10-16)20(18(21)22)14-13-19(2,23)17-11-7-4-8-12-17/h3-12,15,23H,13-14H2,1-2H3,(H,21,22)/t15-,19?/m0/s1. The number of nitrogens with zero attached hydrogens (tertiary/aromatic N) is 1. The van der Waals surface area contributed by atoms with E-state index in [-0.39, 0.29) is 12.6 Å². The van der Waals surface area contributed by atoms with Crippen LogP contribution in [0.3, 0.4) is 0 Å². The third-order valence-corrected chi connectivity index (χ3v) is 4.23. The van der Waals surface area contributed by atoms with Gasteiger partial charge in [0.05, 0.1) is 11.6 Å². The second-order valence-corrected chi connectivity index (χ2v) is 5.95. The van der Waals surface area contributed by atoms with Gasteiger partial charge in [-0.15, -0.1) is 0 Å². The second-order valence-electron chi connectivity index (χ2n) is 5.95. The Morgan fingerprint density at radius 1 is 1.09 bits per heavy atom. The molecule has 0 aromatic heterocycles. The zero-order valence-electron chi connectivity index (χ0n) is 13.5. The average Bonchev–Trinajstić information content (AvgIpc) is 2.56. The summed E-state index contributed by atoms with van der Waals surface area (Å²) in [6.45, 7) is 3.84. The van der Waals surface area contributed by atoms with E-state index in [2.05, 4.69) is 0 Å². The molecule has 0 saturated heterocycles. The monoisotopic (exact) mass is 313 g/mol. The molecule has 1 unspecified atom stereocenters. The summed E-state index contributed by atoms with van der Waals surface area (Å²) in [6.07, 6.45) is -0.647. The van der Waals surface area contributed by atoms with Crippen molar-refractivity contribution in [3.8, 4) is 0 Å². The molecular weight excluding hydrogens is 290 g/mol. The third kappa shape index (κ3) is 4.33. The zero-order chi connectivity index (χ0) is 16.9. The second kappa shape index (κ2) is 7.29. The van der Waals surface area contributed by atoms with Crippen LogP contribution in [0, 0.1) is 0 Å². The van der Waals surface area contributed by atoms with Gasteiger partial charge in [0.1, 0.15) is 0 Å². The summed E-state index contributed by atoms with van der Waals surface area (Å²) in [4.78, 5) is 13.0. The fraction of sp³-hybridized carbons (Fsp3) is 0.316. The molecule has 2 aromatic rings. The molecule has 0 aliphatic heterocycles. The smallest absolute Gasteiger partial charge is 0.407 e. The topological polar surface area (TPSA) is 60.8 Å². The first-order valence-electron chi connectivity index (χ1n) is 7.74. The van der Waals surface area contributed by atoms with E-state index in [4.69, 9.17) is 0 Å². The summed E-state index contributed by atoms with van der Waals surface area (Å²) in [6, 6.07) is 18.6. The van der Waals surface area contributed by atoms with Gasteiger partial charge in [0, 0.05) is 6.54 Å². The quantitative estimate of drug-likeness (QED) is 0.846. The molecule has 2 N–H and O–H groups in total. The van der Waals surface area contributed by atoms with Crippen molar-refractivity contribution in [2.45, 2.75) is 31.9 Å². The van der Waals surface area contributed by atoms with Crippen LogP contribution in [-0.2, 0) is 5.60 Å². The Bertz CT molecular complexity index is 626. The molecule has 122 valence electrons. The van der Waals surface area contributed by atoms with Crippen molar-refractivity contribution < 1.29 is 15.0 Å². The van der Waals surface area contributed by atoms with Crippen molar-refractivity contribution in [1.29, 1.82) is 0 Å². The molecule has 23 heavy (non-hydrogen) atoms. The molecule has 0 aliphatic carbocycles. The van der Waals surface area contributed by atoms with E-state index in [1.165, 1.54) is 4.90 Å². The molecule has 4 heteroatoms. The van der Waals surface area contributed by atoms with Gasteiger partial charge >= 0.3 is 6.09 Å². The van der Waals surface area contributed by atoms with Crippen LogP contribution in [-0.4, -0.2) is 27.8 Å². The summed E-state index contributed by atoms with van der Waals surface area (Å²) in [5, 5.41) is 20.2. The molecule has 2 rings (SSSR count). The van der Waals surface area contributed by atoms with Crippen LogP contribution in [0.4, 0.5) is 4.79 Å². The van der Waals surface area contributed by atoms with Crippen LogP contribution in [0.1, 0.15) is 37.4 Å². The first-order chi connectivity index (χ1) is 10.9. The average molecular weight is 313 g/mol. The minimum Gasteiger partial charge on any atom is -0.465 e. The van der Waals surface area contributed by atoms with E-state index in [1.807, 2.05) is 67.6 Å². The van der Waals surface area contributed by atoms with Gasteiger partial charge in [-0.3, -0.25) is 0 Å². The number of carboxylic acid groups (broad SMARTS) is 1. The Kier molecular flexibility index (Phi) is 5.40. The number of hydrogen-bond donors (Lipinski definition) is 2. The Morgan fingerprint density at radius 3 is 2.13 bits per heavy atom. The normalized spacial score (nSPS) is 14.7. The Balaban J connectivity index is 2.10. The Labute approximate surface area is 137 Å². The number of rotatable bonds is 6. The van der Waals surface area contributed by atoms with Gasteiger partial charge in [-0.2, -0.15) is 0 Å². The highest BCUT2D eigenvalue weighted by molar-refractivity contribution is 5.65. The van der Waals surface area contributed by atoms with Crippen molar-refractivity contribution in [2.24, 2.45) is 0 Å². The number of carbonyl (C=O) groups is 1. The van der Waals surface area contributed by atoms with E-state index in [1.54, 1.807) is 6.92 Å². The van der Waals surface area contributed by atoms with Crippen molar-refractivity contribution in [2.75, 3.05) is 6.54 Å². The van der Waals surface area contributed by atoms with Crippen LogP contribution in [0.15, 0.2) is 60.7 Å². The lowest BCUT2D eigenvalue weighted by atomic mass is 9.92. The minimum absolute atomic E-state index is 0.257. The largest absolute Gasteiger partial charge is 0.465 e. The highest BCUT2D eigenvalue weighted by Crippen LogP contribution is 2.27. The first kappa shape index (κ1) is 17.0. The molecule has 1 amide bonds. The highest BCUT2D eigenvalue weighted by atomic mass is 16.4. The lowest BCUT2D eigenvalue weighted by molar-refractivity contribution is 0.0322. The van der Waals surface area contributed by atoms with Gasteiger partial charge in [-0.1, -0.05) is 60.7 Å². The molecule has 0 fully saturated rings. The molecule has 0 radical (unpaired) electrons. The van der Waals surface area contributed by atoms with Crippen molar-refractivity contribution in [3.63, 3.8) is 0 Å². The van der Waals surface area contributed by atoms with Crippen molar-refractivity contribution in [1.82, 2.24) is 4.90 Å². The van der Waals surface area contributed by atoms with Gasteiger partial charge in [-0.25, -0.2) is 4.79 Å². The first-order valence-corrected chi connectivity index (χ1v) is 7.74. The summed E-state index contributed by atoms with van der Waals surface area (Å²) in [5.41, 5.74) is 0.665. The summed E-state index contributed by atoms with van der Waals surface area (Å²) < 4.78 is 0. The van der Waals surface area contributed by atoms with E-state index in [0.717, 1.165) is 11.1 Å². The summed E-state index contributed by atoms with van der Waals surface area (Å²) in [5.74, 6) is 0. The highest BCUT2D eigenvalue weighted by Gasteiger charge is 2.27. The lowest BCUT2D eigenvalue weighted by Crippen LogP contribution is -2.36. The molecule has 0 bridgehead atoms. The molecular formula is C19H23NO3. The SMILES string of the molecule is C[C@@H](c1ccccc1)N(CCC(C)(O)c1ccccc1)C(=O)O. The van der Waals surface area contributed by atoms with Gasteiger partial charge in [0.15, 0.2) is 0 Å². The maximum absolute atomic E-state index is 11.6. The molecule has 0 heterocycles. The van der Waals surface area contributed by atoms with Gasteiger partial charge in [0.25, 0.3) is 0 Å². The Hall–Kier alpha value is -2.33. The van der Waals surface area contributed by atoms with Crippen LogP contribution in [0.25, 0.3) is 0 Å². The molecule has 0 aliphatic rings. The number of hydrogen-bond acceptors (Lipinski definition) is 2. The molecule has 0 saturated carbocycles. The van der Waals surface area contributed by atoms with E-state index in [9.17, 15) is 15.0 Å². The molecule has 4 nitrogen and oxygen atoms in total. The molecule has 2 aromatic carbocycles.